The summed E-state index contributed by atoms with van der Waals surface area (Å²) < 4.78 is 12.4. The summed E-state index contributed by atoms with van der Waals surface area (Å²) in [5.41, 5.74) is -0.886. The van der Waals surface area contributed by atoms with Crippen LogP contribution in [0.15, 0.2) is 0 Å². The van der Waals surface area contributed by atoms with Crippen LogP contribution in [0.5, 0.6) is 0 Å². The van der Waals surface area contributed by atoms with Crippen LogP contribution >= 0.6 is 0 Å². The van der Waals surface area contributed by atoms with Gasteiger partial charge < -0.3 is 9.84 Å². The minimum absolute atomic E-state index is 0.0323. The number of carboxylic acid groups (broad SMARTS) is 1. The Balaban J connectivity index is 2.71. The van der Waals surface area contributed by atoms with Gasteiger partial charge in [0.2, 0.25) is 0 Å². The van der Waals surface area contributed by atoms with Crippen molar-refractivity contribution in [1.29, 1.82) is 0 Å². The van der Waals surface area contributed by atoms with Crippen molar-refractivity contribution in [2.24, 2.45) is 0 Å². The van der Waals surface area contributed by atoms with E-state index in [-0.39, 0.29) is 12.9 Å². The van der Waals surface area contributed by atoms with E-state index in [2.05, 4.69) is 0 Å². The second-order valence-electron chi connectivity index (χ2n) is 4.78. The number of carboxylic acids is 1. The molecule has 5 heteroatoms. The molecule has 0 bridgehead atoms. The van der Waals surface area contributed by atoms with Crippen molar-refractivity contribution in [2.75, 3.05) is 0 Å². The summed E-state index contributed by atoms with van der Waals surface area (Å²) in [5, 5.41) is 8.95. The minimum atomic E-state index is -1.04. The van der Waals surface area contributed by atoms with Gasteiger partial charge in [-0.3, -0.25) is 4.90 Å². The van der Waals surface area contributed by atoms with Crippen LogP contribution in [0, 0.1) is 0 Å². The van der Waals surface area contributed by atoms with Gasteiger partial charge in [0.25, 0.3) is 0 Å². The number of carbonyl (C=O) groups excluding carboxylic acids is 1. The lowest BCUT2D eigenvalue weighted by Gasteiger charge is -2.29. The molecule has 1 fully saturated rings. The van der Waals surface area contributed by atoms with Gasteiger partial charge in [-0.15, -0.1) is 0 Å². The van der Waals surface area contributed by atoms with E-state index in [0.717, 1.165) is 12.8 Å². The number of nitrogens with zero attached hydrogens (tertiary/aromatic N) is 1. The molecule has 0 heterocycles. The molecule has 5 nitrogen and oxygen atoms in total. The highest BCUT2D eigenvalue weighted by Gasteiger charge is 2.40. The molecule has 1 amide bonds. The third-order valence-electron chi connectivity index (χ3n) is 2.29. The molecule has 0 radical (unpaired) electrons. The van der Waals surface area contributed by atoms with Gasteiger partial charge >= 0.3 is 12.1 Å². The molecule has 0 aromatic carbocycles. The number of amides is 1. The second kappa shape index (κ2) is 4.31. The molecule has 16 heavy (non-hydrogen) atoms. The molecular formula is C11H19NO4. The Bertz CT molecular complexity index is 315. The summed E-state index contributed by atoms with van der Waals surface area (Å²) in [7, 11) is 0. The van der Waals surface area contributed by atoms with Crippen LogP contribution < -0.4 is 0 Å². The molecular weight excluding hydrogens is 210 g/mol. The third kappa shape index (κ3) is 3.40. The van der Waals surface area contributed by atoms with Crippen LogP contribution in [0.3, 0.4) is 0 Å². The number of rotatable bonds is 3. The zero-order valence-electron chi connectivity index (χ0n) is 10.9. The molecule has 0 aromatic rings. The zero-order chi connectivity index (χ0) is 13.2. The maximum Gasteiger partial charge on any atom is 0.411 e. The van der Waals surface area contributed by atoms with Crippen LogP contribution in [0.4, 0.5) is 4.79 Å². The van der Waals surface area contributed by atoms with Gasteiger partial charge in [0, 0.05) is 7.41 Å². The number of ether oxygens (including phenoxy) is 1. The third-order valence-corrected chi connectivity index (χ3v) is 2.29. The summed E-state index contributed by atoms with van der Waals surface area (Å²) in [4.78, 5) is 24.1. The lowest BCUT2D eigenvalue weighted by atomic mass is 10.2. The average Bonchev–Trinajstić information content (AvgIpc) is 3.01. The van der Waals surface area contributed by atoms with Crippen LogP contribution in [-0.4, -0.2) is 39.8 Å². The van der Waals surface area contributed by atoms with Crippen LogP contribution in [-0.2, 0) is 9.53 Å². The first kappa shape index (κ1) is 11.2. The maximum absolute atomic E-state index is 11.9. The Morgan fingerprint density at radius 1 is 1.56 bits per heavy atom. The fourth-order valence-corrected chi connectivity index (χ4v) is 1.38. The number of hydrogen-bond acceptors (Lipinski definition) is 3. The van der Waals surface area contributed by atoms with E-state index < -0.39 is 23.7 Å². The lowest BCUT2D eigenvalue weighted by Crippen LogP contribution is -2.46. The smallest absolute Gasteiger partial charge is 0.411 e. The van der Waals surface area contributed by atoms with Gasteiger partial charge in [0.05, 0.1) is 0 Å². The van der Waals surface area contributed by atoms with Crippen molar-refractivity contribution in [1.82, 2.24) is 4.90 Å². The molecule has 1 aliphatic carbocycles. The van der Waals surface area contributed by atoms with Gasteiger partial charge in [0.15, 0.2) is 0 Å². The first-order valence-electron chi connectivity index (χ1n) is 6.02. The van der Waals surface area contributed by atoms with Crippen LogP contribution in [0.2, 0.25) is 0 Å². The lowest BCUT2D eigenvalue weighted by molar-refractivity contribution is -0.142. The molecule has 0 unspecified atom stereocenters. The van der Waals surface area contributed by atoms with Gasteiger partial charge in [-0.05, 0) is 40.5 Å². The summed E-state index contributed by atoms with van der Waals surface area (Å²) in [6.07, 6.45) is 0.988. The molecule has 1 saturated carbocycles. The molecule has 1 rings (SSSR count). The SMILES string of the molecule is [2H]CC(C)(C)OC(=O)N(C1CC1)[C@@H](C)C(=O)O. The van der Waals surface area contributed by atoms with Gasteiger partial charge in [-0.25, -0.2) is 9.59 Å². The Hall–Kier alpha value is -1.26. The second-order valence-corrected chi connectivity index (χ2v) is 4.78. The highest BCUT2D eigenvalue weighted by atomic mass is 16.6. The first-order chi connectivity index (χ1) is 7.78. The van der Waals surface area contributed by atoms with E-state index in [0.29, 0.717) is 0 Å². The molecule has 92 valence electrons. The van der Waals surface area contributed by atoms with Crippen molar-refractivity contribution in [3.63, 3.8) is 0 Å². The van der Waals surface area contributed by atoms with Crippen LogP contribution in [0.25, 0.3) is 0 Å². The quantitative estimate of drug-likeness (QED) is 0.803. The largest absolute Gasteiger partial charge is 0.480 e. The highest BCUT2D eigenvalue weighted by molar-refractivity contribution is 5.80. The molecule has 0 aromatic heterocycles. The van der Waals surface area contributed by atoms with Crippen molar-refractivity contribution in [2.45, 2.75) is 58.2 Å². The molecule has 1 atom stereocenters. The monoisotopic (exact) mass is 230 g/mol. The number of carbonyl (C=O) groups is 2. The van der Waals surface area contributed by atoms with Gasteiger partial charge in [-0.1, -0.05) is 0 Å². The van der Waals surface area contributed by atoms with E-state index in [1.54, 1.807) is 13.8 Å². The van der Waals surface area contributed by atoms with Gasteiger partial charge in [0.1, 0.15) is 11.6 Å². The van der Waals surface area contributed by atoms with E-state index in [1.807, 2.05) is 0 Å². The predicted octanol–water partition coefficient (Wildman–Crippen LogP) is 1.86. The first-order valence-corrected chi connectivity index (χ1v) is 5.32. The van der Waals surface area contributed by atoms with Crippen molar-refractivity contribution in [3.05, 3.63) is 0 Å². The maximum atomic E-state index is 11.9. The number of hydrogen-bond donors (Lipinski definition) is 1. The molecule has 0 aliphatic heterocycles. The Morgan fingerprint density at radius 2 is 2.12 bits per heavy atom. The predicted molar refractivity (Wildman–Crippen MR) is 58.2 cm³/mol. The molecule has 0 spiro atoms. The van der Waals surface area contributed by atoms with Crippen molar-refractivity contribution in [3.8, 4) is 0 Å². The highest BCUT2D eigenvalue weighted by Crippen LogP contribution is 2.30. The minimum Gasteiger partial charge on any atom is -0.480 e. The molecule has 1 N–H and O–H groups in total. The Labute approximate surface area is 96.8 Å². The van der Waals surface area contributed by atoms with Crippen LogP contribution in [0.1, 0.15) is 41.9 Å². The number of aliphatic carboxylic acids is 1. The fourth-order valence-electron chi connectivity index (χ4n) is 1.38. The van der Waals surface area contributed by atoms with E-state index in [4.69, 9.17) is 11.2 Å². The Kier molecular flexibility index (Phi) is 3.03. The standard InChI is InChI=1S/C11H19NO4/c1-7(9(13)14)12(8-5-6-8)10(15)16-11(2,3)4/h7-8H,5-6H2,1-4H3,(H,13,14)/t7-/m0/s1/i2D. The van der Waals surface area contributed by atoms with Crippen molar-refractivity contribution < 1.29 is 20.8 Å². The zero-order valence-corrected chi connectivity index (χ0v) is 9.90. The summed E-state index contributed by atoms with van der Waals surface area (Å²) in [6, 6.07) is -0.924. The van der Waals surface area contributed by atoms with E-state index >= 15 is 0 Å². The van der Waals surface area contributed by atoms with Gasteiger partial charge in [-0.2, -0.15) is 0 Å². The average molecular weight is 230 g/mol. The molecule has 1 aliphatic rings. The fraction of sp³-hybridized carbons (Fsp3) is 0.818. The van der Waals surface area contributed by atoms with E-state index in [9.17, 15) is 9.59 Å². The topological polar surface area (TPSA) is 66.8 Å². The summed E-state index contributed by atoms with van der Waals surface area (Å²) in [5.74, 6) is -1.04. The summed E-state index contributed by atoms with van der Waals surface area (Å²) >= 11 is 0. The normalized spacial score (nSPS) is 18.6. The summed E-state index contributed by atoms with van der Waals surface area (Å²) in [6.45, 7) is 4.68. The van der Waals surface area contributed by atoms with E-state index in [1.165, 1.54) is 11.8 Å². The Morgan fingerprint density at radius 3 is 2.50 bits per heavy atom. The molecule has 0 saturated heterocycles. The van der Waals surface area contributed by atoms with Crippen molar-refractivity contribution >= 4 is 12.1 Å².